The van der Waals surface area contributed by atoms with Gasteiger partial charge in [-0.3, -0.25) is 4.79 Å². The van der Waals surface area contributed by atoms with E-state index in [1.807, 2.05) is 20.8 Å². The van der Waals surface area contributed by atoms with Crippen molar-refractivity contribution < 1.29 is 23.9 Å². The van der Waals surface area contributed by atoms with Crippen molar-refractivity contribution in [2.45, 2.75) is 96.9 Å². The normalized spacial score (nSPS) is 21.0. The zero-order valence-corrected chi connectivity index (χ0v) is 20.3. The van der Waals surface area contributed by atoms with Crippen molar-refractivity contribution in [3.63, 3.8) is 0 Å². The minimum Gasteiger partial charge on any atom is -0.444 e. The van der Waals surface area contributed by atoms with E-state index >= 15 is 0 Å². The average molecular weight is 451 g/mol. The van der Waals surface area contributed by atoms with Crippen LogP contribution < -0.4 is 5.32 Å². The minimum absolute atomic E-state index is 0.00768. The van der Waals surface area contributed by atoms with Gasteiger partial charge in [0.05, 0.1) is 6.07 Å². The number of hydrogen-bond donors (Lipinski definition) is 1. The molecule has 0 saturated carbocycles. The highest BCUT2D eigenvalue weighted by atomic mass is 16.6. The van der Waals surface area contributed by atoms with Gasteiger partial charge in [-0.05, 0) is 73.1 Å². The molecule has 0 spiro atoms. The summed E-state index contributed by atoms with van der Waals surface area (Å²) < 4.78 is 10.9. The van der Waals surface area contributed by atoms with Crippen LogP contribution in [0.1, 0.15) is 73.6 Å². The highest BCUT2D eigenvalue weighted by Crippen LogP contribution is 2.26. The summed E-state index contributed by atoms with van der Waals surface area (Å²) in [5.74, 6) is -0.127. The third-order valence-electron chi connectivity index (χ3n) is 5.58. The molecule has 0 bridgehead atoms. The molecule has 0 aromatic rings. The Labute approximate surface area is 191 Å². The van der Waals surface area contributed by atoms with E-state index in [0.717, 1.165) is 6.42 Å². The first-order chi connectivity index (χ1) is 14.8. The van der Waals surface area contributed by atoms with Gasteiger partial charge in [0.25, 0.3) is 0 Å². The maximum atomic E-state index is 13.0. The Hall–Kier alpha value is -2.50. The number of ether oxygens (including phenoxy) is 2. The summed E-state index contributed by atoms with van der Waals surface area (Å²) in [6, 6.07) is 1.36. The number of nitrogens with zero attached hydrogens (tertiary/aromatic N) is 3. The van der Waals surface area contributed by atoms with Gasteiger partial charge < -0.3 is 24.6 Å². The van der Waals surface area contributed by atoms with Gasteiger partial charge in [0.15, 0.2) is 0 Å². The zero-order chi connectivity index (χ0) is 24.1. The highest BCUT2D eigenvalue weighted by Gasteiger charge is 2.36. The van der Waals surface area contributed by atoms with Crippen molar-refractivity contribution in [2.24, 2.45) is 5.92 Å². The Morgan fingerprint density at radius 3 is 2.12 bits per heavy atom. The topological polar surface area (TPSA) is 112 Å². The summed E-state index contributed by atoms with van der Waals surface area (Å²) in [4.78, 5) is 41.1. The van der Waals surface area contributed by atoms with Crippen molar-refractivity contribution in [1.29, 1.82) is 5.26 Å². The first kappa shape index (κ1) is 25.8. The number of amides is 3. The summed E-state index contributed by atoms with van der Waals surface area (Å²) in [5, 5.41) is 12.2. The molecule has 32 heavy (non-hydrogen) atoms. The molecular formula is C23H38N4O5. The second-order valence-corrected chi connectivity index (χ2v) is 10.6. The van der Waals surface area contributed by atoms with Crippen LogP contribution in [0.15, 0.2) is 0 Å². The second kappa shape index (κ2) is 10.4. The quantitative estimate of drug-likeness (QED) is 0.702. The van der Waals surface area contributed by atoms with Crippen LogP contribution in [0.5, 0.6) is 0 Å². The predicted molar refractivity (Wildman–Crippen MR) is 119 cm³/mol. The van der Waals surface area contributed by atoms with Crippen LogP contribution in [-0.2, 0) is 14.3 Å². The van der Waals surface area contributed by atoms with E-state index in [1.54, 1.807) is 30.6 Å². The lowest BCUT2D eigenvalue weighted by molar-refractivity contribution is -0.132. The van der Waals surface area contributed by atoms with Gasteiger partial charge >= 0.3 is 12.2 Å². The van der Waals surface area contributed by atoms with Gasteiger partial charge in [-0.25, -0.2) is 9.59 Å². The summed E-state index contributed by atoms with van der Waals surface area (Å²) in [7, 11) is 0. The fraction of sp³-hybridized carbons (Fsp3) is 0.826. The molecule has 3 amide bonds. The molecule has 2 rings (SSSR count). The summed E-state index contributed by atoms with van der Waals surface area (Å²) in [5.41, 5.74) is -1.21. The van der Waals surface area contributed by atoms with E-state index in [4.69, 9.17) is 9.47 Å². The zero-order valence-electron chi connectivity index (χ0n) is 20.3. The molecule has 0 radical (unpaired) electrons. The molecular weight excluding hydrogens is 412 g/mol. The Morgan fingerprint density at radius 2 is 1.59 bits per heavy atom. The van der Waals surface area contributed by atoms with Crippen LogP contribution >= 0.6 is 0 Å². The highest BCUT2D eigenvalue weighted by molar-refractivity contribution is 5.79. The Morgan fingerprint density at radius 1 is 1.00 bits per heavy atom. The van der Waals surface area contributed by atoms with Gasteiger partial charge in [-0.1, -0.05) is 0 Å². The third kappa shape index (κ3) is 7.88. The van der Waals surface area contributed by atoms with E-state index < -0.39 is 29.4 Å². The molecule has 2 atom stereocenters. The molecule has 2 aliphatic heterocycles. The van der Waals surface area contributed by atoms with E-state index in [9.17, 15) is 19.6 Å². The number of carbonyl (C=O) groups excluding carboxylic acids is 3. The number of nitriles is 1. The van der Waals surface area contributed by atoms with Gasteiger partial charge in [0, 0.05) is 32.1 Å². The molecule has 0 aliphatic carbocycles. The summed E-state index contributed by atoms with van der Waals surface area (Å²) in [6.07, 6.45) is 1.95. The average Bonchev–Trinajstić information content (AvgIpc) is 3.13. The largest absolute Gasteiger partial charge is 0.444 e. The van der Waals surface area contributed by atoms with E-state index in [2.05, 4.69) is 11.4 Å². The van der Waals surface area contributed by atoms with Crippen LogP contribution in [0, 0.1) is 17.2 Å². The number of carbonyl (C=O) groups is 3. The third-order valence-corrected chi connectivity index (χ3v) is 5.58. The van der Waals surface area contributed by atoms with Gasteiger partial charge in [-0.15, -0.1) is 0 Å². The smallest absolute Gasteiger partial charge is 0.410 e. The summed E-state index contributed by atoms with van der Waals surface area (Å²) >= 11 is 0. The number of nitrogens with one attached hydrogen (secondary N) is 1. The minimum atomic E-state index is -0.653. The van der Waals surface area contributed by atoms with Crippen molar-refractivity contribution in [2.75, 3.05) is 19.6 Å². The maximum absolute atomic E-state index is 13.0. The Balaban J connectivity index is 2.04. The van der Waals surface area contributed by atoms with E-state index in [-0.39, 0.29) is 24.3 Å². The van der Waals surface area contributed by atoms with Crippen molar-refractivity contribution in [1.82, 2.24) is 15.1 Å². The standard InChI is InChI=1S/C23H38N4O5/c1-22(2,3)31-20(29)25-18(14-19(28)27-11-7-8-17(27)15-24)16-9-12-26(13-10-16)21(30)32-23(4,5)6/h16-18H,7-14H2,1-6H3,(H,25,29)/t17-,18?/m0/s1. The first-order valence-corrected chi connectivity index (χ1v) is 11.5. The number of likely N-dealkylation sites (tertiary alicyclic amines) is 2. The molecule has 180 valence electrons. The lowest BCUT2D eigenvalue weighted by Crippen LogP contribution is -2.50. The maximum Gasteiger partial charge on any atom is 0.410 e. The molecule has 9 nitrogen and oxygen atoms in total. The first-order valence-electron chi connectivity index (χ1n) is 11.5. The molecule has 0 aromatic carbocycles. The Bertz CT molecular complexity index is 726. The van der Waals surface area contributed by atoms with E-state index in [1.165, 1.54) is 0 Å². The van der Waals surface area contributed by atoms with Gasteiger partial charge in [-0.2, -0.15) is 5.26 Å². The molecule has 2 fully saturated rings. The number of piperidine rings is 1. The van der Waals surface area contributed by atoms with Crippen LogP contribution in [0.2, 0.25) is 0 Å². The second-order valence-electron chi connectivity index (χ2n) is 10.6. The van der Waals surface area contributed by atoms with Crippen molar-refractivity contribution >= 4 is 18.1 Å². The van der Waals surface area contributed by atoms with Gasteiger partial charge in [0.1, 0.15) is 17.2 Å². The predicted octanol–water partition coefficient (Wildman–Crippen LogP) is 3.43. The molecule has 2 saturated heterocycles. The number of hydrogen-bond acceptors (Lipinski definition) is 6. The van der Waals surface area contributed by atoms with E-state index in [0.29, 0.717) is 38.9 Å². The molecule has 0 aromatic heterocycles. The fourth-order valence-electron chi connectivity index (χ4n) is 4.11. The monoisotopic (exact) mass is 450 g/mol. The molecule has 2 heterocycles. The molecule has 1 unspecified atom stereocenters. The number of alkyl carbamates (subject to hydrolysis) is 1. The SMILES string of the molecule is CC(C)(C)OC(=O)NC(CC(=O)N1CCC[C@H]1C#N)C1CCN(C(=O)OC(C)(C)C)CC1. The van der Waals surface area contributed by atoms with Gasteiger partial charge in [0.2, 0.25) is 5.91 Å². The molecule has 2 aliphatic rings. The van der Waals surface area contributed by atoms with Crippen molar-refractivity contribution in [3.05, 3.63) is 0 Å². The lowest BCUT2D eigenvalue weighted by Gasteiger charge is -2.37. The van der Waals surface area contributed by atoms with Crippen LogP contribution in [-0.4, -0.2) is 70.8 Å². The van der Waals surface area contributed by atoms with Crippen LogP contribution in [0.4, 0.5) is 9.59 Å². The fourth-order valence-corrected chi connectivity index (χ4v) is 4.11. The van der Waals surface area contributed by atoms with Crippen molar-refractivity contribution in [3.8, 4) is 6.07 Å². The number of rotatable bonds is 4. The molecule has 9 heteroatoms. The van der Waals surface area contributed by atoms with Crippen LogP contribution in [0.25, 0.3) is 0 Å². The lowest BCUT2D eigenvalue weighted by atomic mass is 9.87. The van der Waals surface area contributed by atoms with Crippen LogP contribution in [0.3, 0.4) is 0 Å². The summed E-state index contributed by atoms with van der Waals surface area (Å²) in [6.45, 7) is 12.4. The molecule has 1 N–H and O–H groups in total. The Kier molecular flexibility index (Phi) is 8.38.